The Bertz CT molecular complexity index is 665. The van der Waals surface area contributed by atoms with E-state index in [4.69, 9.17) is 17.0 Å². The van der Waals surface area contributed by atoms with Crippen molar-refractivity contribution in [2.75, 3.05) is 6.61 Å². The first kappa shape index (κ1) is 12.1. The maximum Gasteiger partial charge on any atom is 0.263 e. The van der Waals surface area contributed by atoms with E-state index in [1.807, 2.05) is 11.4 Å². The molecule has 2 aromatic rings. The molecule has 1 unspecified atom stereocenters. The first-order valence-electron chi connectivity index (χ1n) is 6.07. The molecule has 0 saturated carbocycles. The molecule has 0 aliphatic carbocycles. The van der Waals surface area contributed by atoms with Gasteiger partial charge in [0.25, 0.3) is 5.56 Å². The molecule has 2 aromatic heterocycles. The summed E-state index contributed by atoms with van der Waals surface area (Å²) in [7, 11) is 0. The Morgan fingerprint density at radius 3 is 3.22 bits per heavy atom. The summed E-state index contributed by atoms with van der Waals surface area (Å²) in [6.07, 6.45) is 3.39. The molecule has 0 radical (unpaired) electrons. The highest BCUT2D eigenvalue weighted by molar-refractivity contribution is 7.71. The molecular formula is C12H14N2O2S2. The fourth-order valence-corrected chi connectivity index (χ4v) is 3.40. The minimum atomic E-state index is -0.0100. The average Bonchev–Trinajstić information content (AvgIpc) is 2.84. The molecule has 0 amide bonds. The SMILES string of the molecule is O=c1c2ccsc2[nH]c(=S)n1CC1CCCCO1. The highest BCUT2D eigenvalue weighted by Crippen LogP contribution is 2.16. The molecule has 1 fully saturated rings. The lowest BCUT2D eigenvalue weighted by atomic mass is 10.1. The molecule has 1 N–H and O–H groups in total. The van der Waals surface area contributed by atoms with Crippen LogP contribution in [0.4, 0.5) is 0 Å². The number of aromatic nitrogens is 2. The van der Waals surface area contributed by atoms with Crippen LogP contribution in [0.15, 0.2) is 16.2 Å². The van der Waals surface area contributed by atoms with Crippen molar-refractivity contribution in [3.63, 3.8) is 0 Å². The molecule has 1 atom stereocenters. The highest BCUT2D eigenvalue weighted by Gasteiger charge is 2.16. The Hall–Kier alpha value is -0.980. The van der Waals surface area contributed by atoms with E-state index < -0.39 is 0 Å². The molecule has 0 spiro atoms. The van der Waals surface area contributed by atoms with Gasteiger partial charge < -0.3 is 9.72 Å². The molecule has 0 aromatic carbocycles. The number of hydrogen-bond donors (Lipinski definition) is 1. The van der Waals surface area contributed by atoms with E-state index in [1.54, 1.807) is 4.57 Å². The molecule has 4 nitrogen and oxygen atoms in total. The summed E-state index contributed by atoms with van der Waals surface area (Å²) in [5.74, 6) is 0. The van der Waals surface area contributed by atoms with Crippen molar-refractivity contribution in [3.05, 3.63) is 26.6 Å². The third-order valence-corrected chi connectivity index (χ3v) is 4.42. The summed E-state index contributed by atoms with van der Waals surface area (Å²) in [5.41, 5.74) is -0.0100. The Morgan fingerprint density at radius 2 is 2.44 bits per heavy atom. The van der Waals surface area contributed by atoms with Gasteiger partial charge in [0.15, 0.2) is 4.77 Å². The second-order valence-electron chi connectivity index (χ2n) is 4.50. The minimum absolute atomic E-state index is 0.0100. The van der Waals surface area contributed by atoms with Gasteiger partial charge in [0, 0.05) is 6.61 Å². The quantitative estimate of drug-likeness (QED) is 0.862. The van der Waals surface area contributed by atoms with Crippen LogP contribution in [-0.2, 0) is 11.3 Å². The lowest BCUT2D eigenvalue weighted by molar-refractivity contribution is 0.00512. The van der Waals surface area contributed by atoms with Crippen molar-refractivity contribution in [2.45, 2.75) is 31.9 Å². The van der Waals surface area contributed by atoms with Crippen LogP contribution in [0.1, 0.15) is 19.3 Å². The number of rotatable bonds is 2. The van der Waals surface area contributed by atoms with Gasteiger partial charge in [-0.25, -0.2) is 0 Å². The predicted octanol–water partition coefficient (Wildman–Crippen LogP) is 2.69. The molecule has 6 heteroatoms. The standard InChI is InChI=1S/C12H14N2O2S2/c15-11-9-4-6-18-10(9)13-12(17)14(11)7-8-3-1-2-5-16-8/h4,6,8H,1-3,5,7H2,(H,13,17). The average molecular weight is 282 g/mol. The van der Waals surface area contributed by atoms with Crippen molar-refractivity contribution < 1.29 is 4.74 Å². The van der Waals surface area contributed by atoms with Crippen molar-refractivity contribution in [1.82, 2.24) is 9.55 Å². The van der Waals surface area contributed by atoms with Gasteiger partial charge in [0.1, 0.15) is 4.83 Å². The predicted molar refractivity (Wildman–Crippen MR) is 74.9 cm³/mol. The zero-order valence-electron chi connectivity index (χ0n) is 9.85. The van der Waals surface area contributed by atoms with Crippen LogP contribution in [0.5, 0.6) is 0 Å². The van der Waals surface area contributed by atoms with E-state index in [1.165, 1.54) is 11.3 Å². The molecule has 1 aliphatic rings. The lowest BCUT2D eigenvalue weighted by Crippen LogP contribution is -2.31. The molecule has 3 rings (SSSR count). The number of nitrogens with one attached hydrogen (secondary N) is 1. The first-order valence-corrected chi connectivity index (χ1v) is 7.36. The van der Waals surface area contributed by atoms with Crippen LogP contribution >= 0.6 is 23.6 Å². The van der Waals surface area contributed by atoms with Gasteiger partial charge in [-0.05, 0) is 42.9 Å². The summed E-state index contributed by atoms with van der Waals surface area (Å²) in [6, 6.07) is 1.84. The summed E-state index contributed by atoms with van der Waals surface area (Å²) >= 11 is 6.76. The molecule has 96 valence electrons. The van der Waals surface area contributed by atoms with E-state index in [-0.39, 0.29) is 11.7 Å². The van der Waals surface area contributed by atoms with Gasteiger partial charge in [0.05, 0.1) is 18.0 Å². The second kappa shape index (κ2) is 4.95. The fraction of sp³-hybridized carbons (Fsp3) is 0.500. The van der Waals surface area contributed by atoms with E-state index in [9.17, 15) is 4.79 Å². The van der Waals surface area contributed by atoms with Crippen molar-refractivity contribution in [1.29, 1.82) is 0 Å². The highest BCUT2D eigenvalue weighted by atomic mass is 32.1. The van der Waals surface area contributed by atoms with Gasteiger partial charge in [-0.15, -0.1) is 11.3 Å². The minimum Gasteiger partial charge on any atom is -0.376 e. The van der Waals surface area contributed by atoms with Crippen molar-refractivity contribution in [3.8, 4) is 0 Å². The van der Waals surface area contributed by atoms with Crippen molar-refractivity contribution >= 4 is 33.8 Å². The van der Waals surface area contributed by atoms with Crippen LogP contribution in [0, 0.1) is 4.77 Å². The van der Waals surface area contributed by atoms with Gasteiger partial charge in [-0.1, -0.05) is 0 Å². The van der Waals surface area contributed by atoms with Crippen LogP contribution in [0.25, 0.3) is 10.2 Å². The Balaban J connectivity index is 2.00. The Morgan fingerprint density at radius 1 is 1.56 bits per heavy atom. The molecular weight excluding hydrogens is 268 g/mol. The zero-order chi connectivity index (χ0) is 12.5. The number of nitrogens with zero attached hydrogens (tertiary/aromatic N) is 1. The zero-order valence-corrected chi connectivity index (χ0v) is 11.5. The Labute approximate surface area is 113 Å². The number of aromatic amines is 1. The van der Waals surface area contributed by atoms with E-state index >= 15 is 0 Å². The van der Waals surface area contributed by atoms with Crippen LogP contribution in [0.2, 0.25) is 0 Å². The summed E-state index contributed by atoms with van der Waals surface area (Å²) < 4.78 is 7.78. The number of hydrogen-bond acceptors (Lipinski definition) is 4. The summed E-state index contributed by atoms with van der Waals surface area (Å²) in [6.45, 7) is 1.34. The first-order chi connectivity index (χ1) is 8.75. The van der Waals surface area contributed by atoms with Crippen LogP contribution in [-0.4, -0.2) is 22.3 Å². The van der Waals surface area contributed by atoms with Gasteiger partial charge in [-0.3, -0.25) is 9.36 Å². The topological polar surface area (TPSA) is 47.0 Å². The Kier molecular flexibility index (Phi) is 3.32. The smallest absolute Gasteiger partial charge is 0.263 e. The molecule has 18 heavy (non-hydrogen) atoms. The van der Waals surface area contributed by atoms with E-state index in [0.29, 0.717) is 16.7 Å². The number of H-pyrrole nitrogens is 1. The maximum atomic E-state index is 12.3. The van der Waals surface area contributed by atoms with E-state index in [0.717, 1.165) is 30.7 Å². The fourth-order valence-electron chi connectivity index (χ4n) is 2.30. The maximum absolute atomic E-state index is 12.3. The summed E-state index contributed by atoms with van der Waals surface area (Å²) in [5, 5.41) is 2.61. The molecule has 1 aliphatic heterocycles. The summed E-state index contributed by atoms with van der Waals surface area (Å²) in [4.78, 5) is 16.3. The number of ether oxygens (including phenoxy) is 1. The monoisotopic (exact) mass is 282 g/mol. The second-order valence-corrected chi connectivity index (χ2v) is 5.80. The normalized spacial score (nSPS) is 20.3. The van der Waals surface area contributed by atoms with Crippen molar-refractivity contribution in [2.24, 2.45) is 0 Å². The molecule has 3 heterocycles. The molecule has 0 bridgehead atoms. The lowest BCUT2D eigenvalue weighted by Gasteiger charge is -2.23. The van der Waals surface area contributed by atoms with Crippen LogP contribution in [0.3, 0.4) is 0 Å². The van der Waals surface area contributed by atoms with Crippen LogP contribution < -0.4 is 5.56 Å². The third kappa shape index (κ3) is 2.15. The van der Waals surface area contributed by atoms with Gasteiger partial charge >= 0.3 is 0 Å². The van der Waals surface area contributed by atoms with Gasteiger partial charge in [-0.2, -0.15) is 0 Å². The van der Waals surface area contributed by atoms with E-state index in [2.05, 4.69) is 4.98 Å². The molecule has 1 saturated heterocycles. The third-order valence-electron chi connectivity index (χ3n) is 3.27. The largest absolute Gasteiger partial charge is 0.376 e. The van der Waals surface area contributed by atoms with Gasteiger partial charge in [0.2, 0.25) is 0 Å². The number of thiophene rings is 1. The number of fused-ring (bicyclic) bond motifs is 1.